The number of Topliss-reactive ketones (excluding diaryl/α,β-unsaturated/α-hetero) is 1. The van der Waals surface area contributed by atoms with Crippen LogP contribution in [0.4, 0.5) is 0 Å². The molecule has 156 valence electrons. The van der Waals surface area contributed by atoms with Crippen molar-refractivity contribution in [3.05, 3.63) is 0 Å². The van der Waals surface area contributed by atoms with Crippen molar-refractivity contribution in [2.45, 2.75) is 100 Å². The van der Waals surface area contributed by atoms with Gasteiger partial charge in [-0.25, -0.2) is 0 Å². The van der Waals surface area contributed by atoms with Crippen LogP contribution in [-0.4, -0.2) is 42.8 Å². The van der Waals surface area contributed by atoms with Crippen molar-refractivity contribution in [1.82, 2.24) is 0 Å². The van der Waals surface area contributed by atoms with Gasteiger partial charge in [-0.15, -0.1) is 24.4 Å². The van der Waals surface area contributed by atoms with Crippen LogP contribution in [0.3, 0.4) is 0 Å². The first kappa shape index (κ1) is 40.4. The Labute approximate surface area is 175 Å². The number of rotatable bonds is 3. The van der Waals surface area contributed by atoms with E-state index in [1.54, 1.807) is 62.3 Å². The molecule has 0 fully saturated rings. The molecule has 0 aromatic heterocycles. The molecule has 0 aromatic carbocycles. The van der Waals surface area contributed by atoms with E-state index in [1.807, 2.05) is 0 Å². The molecule has 0 aliphatic carbocycles. The van der Waals surface area contributed by atoms with Crippen molar-refractivity contribution in [2.24, 2.45) is 0 Å². The molecule has 0 radical (unpaired) electrons. The third kappa shape index (κ3) is 272. The summed E-state index contributed by atoms with van der Waals surface area (Å²) in [7, 11) is 0. The standard InChI is InChI=1S/C6H10O3.4C3H7O.Ti/c1-3-9-6(8)4-5(2)7;4*1-3(2)4;/h3-4H2,1-2H3;4*3H,1-2H3;/q;4*-1;+4. The number of carbonyl (C=O) groups excluding carboxylic acids is 2. The van der Waals surface area contributed by atoms with Crippen LogP contribution < -0.4 is 20.4 Å². The molecule has 8 heteroatoms. The molecule has 0 amide bonds. The van der Waals surface area contributed by atoms with Crippen LogP contribution in [0.25, 0.3) is 0 Å². The molecule has 0 atom stereocenters. The van der Waals surface area contributed by atoms with E-state index in [-0.39, 0.29) is 33.9 Å². The molecular weight excluding hydrogens is 376 g/mol. The van der Waals surface area contributed by atoms with E-state index in [0.717, 1.165) is 0 Å². The Bertz CT molecular complexity index is 233. The molecule has 0 spiro atoms. The second-order valence-electron chi connectivity index (χ2n) is 5.88. The second kappa shape index (κ2) is 32.4. The van der Waals surface area contributed by atoms with Gasteiger partial charge < -0.3 is 25.2 Å². The van der Waals surface area contributed by atoms with Crippen molar-refractivity contribution in [3.63, 3.8) is 0 Å². The maximum absolute atomic E-state index is 10.4. The summed E-state index contributed by atoms with van der Waals surface area (Å²) in [4.78, 5) is 20.6. The second-order valence-corrected chi connectivity index (χ2v) is 5.88. The van der Waals surface area contributed by atoms with Gasteiger partial charge in [-0.3, -0.25) is 9.59 Å². The summed E-state index contributed by atoms with van der Waals surface area (Å²) in [5.41, 5.74) is 0. The topological polar surface area (TPSA) is 136 Å². The first-order chi connectivity index (χ1) is 11.1. The van der Waals surface area contributed by atoms with Gasteiger partial charge in [0.2, 0.25) is 0 Å². The Morgan fingerprint density at radius 1 is 0.731 bits per heavy atom. The molecule has 0 saturated carbocycles. The smallest absolute Gasteiger partial charge is 0.852 e. The van der Waals surface area contributed by atoms with E-state index in [4.69, 9.17) is 0 Å². The van der Waals surface area contributed by atoms with Gasteiger partial charge in [0, 0.05) is 0 Å². The summed E-state index contributed by atoms with van der Waals surface area (Å²) in [5.74, 6) is -0.599. The normalized spacial score (nSPS) is 8.54. The van der Waals surface area contributed by atoms with Gasteiger partial charge in [-0.2, -0.15) is 0 Å². The van der Waals surface area contributed by atoms with E-state index in [9.17, 15) is 30.0 Å². The van der Waals surface area contributed by atoms with E-state index < -0.39 is 30.4 Å². The number of ether oxygens (including phenoxy) is 1. The molecule has 0 bridgehead atoms. The fourth-order valence-corrected chi connectivity index (χ4v) is 0.415. The maximum atomic E-state index is 10.4. The van der Waals surface area contributed by atoms with Crippen LogP contribution in [0.2, 0.25) is 0 Å². The van der Waals surface area contributed by atoms with Gasteiger partial charge in [-0.05, 0) is 13.8 Å². The van der Waals surface area contributed by atoms with Crippen LogP contribution in [0, 0.1) is 0 Å². The summed E-state index contributed by atoms with van der Waals surface area (Å²) in [6.07, 6.45) is -1.77. The minimum atomic E-state index is -0.440. The number of hydrogen-bond donors (Lipinski definition) is 0. The first-order valence-corrected chi connectivity index (χ1v) is 8.38. The number of ketones is 1. The van der Waals surface area contributed by atoms with Gasteiger partial charge >= 0.3 is 27.7 Å². The fraction of sp³-hybridized carbons (Fsp3) is 0.889. The first-order valence-electron chi connectivity index (χ1n) is 8.38. The molecular formula is C18H38O7Ti. The SMILES string of the molecule is CC(C)[O-].CC(C)[O-].CC(C)[O-].CC(C)[O-].CCOC(=O)CC(C)=O.[Ti+4]. The van der Waals surface area contributed by atoms with Gasteiger partial charge in [0.25, 0.3) is 0 Å². The molecule has 0 aliphatic rings. The Hall–Kier alpha value is -0.306. The summed E-state index contributed by atoms with van der Waals surface area (Å²) in [5, 5.41) is 38.1. The molecule has 0 unspecified atom stereocenters. The average molecular weight is 414 g/mol. The predicted molar refractivity (Wildman–Crippen MR) is 92.5 cm³/mol. The van der Waals surface area contributed by atoms with Gasteiger partial charge in [0.05, 0.1) is 6.61 Å². The van der Waals surface area contributed by atoms with E-state index in [2.05, 4.69) is 4.74 Å². The number of carbonyl (C=O) groups is 2. The molecule has 7 nitrogen and oxygen atoms in total. The average Bonchev–Trinajstić information content (AvgIpc) is 2.23. The van der Waals surface area contributed by atoms with Crippen molar-refractivity contribution in [2.75, 3.05) is 6.61 Å². The zero-order chi connectivity index (χ0) is 21.6. The monoisotopic (exact) mass is 414 g/mol. The molecule has 0 rings (SSSR count). The van der Waals surface area contributed by atoms with Crippen molar-refractivity contribution < 1.29 is 56.5 Å². The molecule has 0 aliphatic heterocycles. The summed E-state index contributed by atoms with van der Waals surface area (Å²) < 4.78 is 4.49. The van der Waals surface area contributed by atoms with Crippen molar-refractivity contribution >= 4 is 11.8 Å². The quantitative estimate of drug-likeness (QED) is 0.346. The minimum Gasteiger partial charge on any atom is -0.852 e. The maximum Gasteiger partial charge on any atom is 4.00 e. The zero-order valence-electron chi connectivity index (χ0n) is 18.1. The Kier molecular flexibility index (Phi) is 50.3. The van der Waals surface area contributed by atoms with Gasteiger partial charge in [-0.1, -0.05) is 55.4 Å². The Morgan fingerprint density at radius 2 is 0.923 bits per heavy atom. The largest absolute Gasteiger partial charge is 4.00 e. The summed E-state index contributed by atoms with van der Waals surface area (Å²) in [6, 6.07) is 0. The molecule has 26 heavy (non-hydrogen) atoms. The summed E-state index contributed by atoms with van der Waals surface area (Å²) >= 11 is 0. The van der Waals surface area contributed by atoms with Crippen molar-refractivity contribution in [3.8, 4) is 0 Å². The molecule has 0 N–H and O–H groups in total. The van der Waals surface area contributed by atoms with E-state index in [1.165, 1.54) is 6.92 Å². The third-order valence-corrected chi connectivity index (χ3v) is 0.699. The van der Waals surface area contributed by atoms with Crippen LogP contribution in [-0.2, 0) is 36.0 Å². The van der Waals surface area contributed by atoms with E-state index >= 15 is 0 Å². The molecule has 0 heterocycles. The van der Waals surface area contributed by atoms with Crippen LogP contribution >= 0.6 is 0 Å². The van der Waals surface area contributed by atoms with Crippen LogP contribution in [0.1, 0.15) is 75.7 Å². The van der Waals surface area contributed by atoms with Crippen LogP contribution in [0.5, 0.6) is 0 Å². The predicted octanol–water partition coefficient (Wildman–Crippen LogP) is -0.453. The Morgan fingerprint density at radius 3 is 1.04 bits per heavy atom. The summed E-state index contributed by atoms with van der Waals surface area (Å²) in [6.45, 7) is 16.3. The fourth-order valence-electron chi connectivity index (χ4n) is 0.415. The Balaban J connectivity index is -0.0000000508. The van der Waals surface area contributed by atoms with Crippen molar-refractivity contribution in [1.29, 1.82) is 0 Å². The number of hydrogen-bond acceptors (Lipinski definition) is 7. The molecule has 0 saturated heterocycles. The molecule has 0 aromatic rings. The van der Waals surface area contributed by atoms with Gasteiger partial charge in [0.15, 0.2) is 0 Å². The van der Waals surface area contributed by atoms with E-state index in [0.29, 0.717) is 6.61 Å². The minimum absolute atomic E-state index is 0. The third-order valence-electron chi connectivity index (χ3n) is 0.699. The number of esters is 1. The van der Waals surface area contributed by atoms with Gasteiger partial charge in [0.1, 0.15) is 12.2 Å². The zero-order valence-corrected chi connectivity index (χ0v) is 19.6. The van der Waals surface area contributed by atoms with Crippen LogP contribution in [0.15, 0.2) is 0 Å².